The molecule has 2 N–H and O–H groups in total. The number of anilines is 1. The van der Waals surface area contributed by atoms with Gasteiger partial charge in [-0.3, -0.25) is 4.90 Å². The Hall–Kier alpha value is -2.32. The minimum absolute atomic E-state index is 0.370. The van der Waals surface area contributed by atoms with Gasteiger partial charge in [0.05, 0.1) is 18.8 Å². The SMILES string of the molecule is C=O.CO.c1ccc(CN2CCC(OCCCCc3ccc4c(n3)NCCC4)C2)c(COC2CCC2)c1. The average molecular weight is 512 g/mol. The lowest BCUT2D eigenvalue weighted by Gasteiger charge is -2.26. The molecule has 37 heavy (non-hydrogen) atoms. The van der Waals surface area contributed by atoms with Crippen molar-refractivity contribution >= 4 is 12.6 Å². The number of aryl methyl sites for hydroxylation is 2. The van der Waals surface area contributed by atoms with E-state index in [2.05, 4.69) is 46.6 Å². The number of unbranched alkanes of at least 4 members (excludes halogenated alkanes) is 1. The Morgan fingerprint density at radius 3 is 2.59 bits per heavy atom. The van der Waals surface area contributed by atoms with Gasteiger partial charge in [0.25, 0.3) is 0 Å². The van der Waals surface area contributed by atoms with Gasteiger partial charge in [-0.15, -0.1) is 0 Å². The molecule has 7 nitrogen and oxygen atoms in total. The summed E-state index contributed by atoms with van der Waals surface area (Å²) in [6.45, 7) is 7.82. The van der Waals surface area contributed by atoms with Crippen LogP contribution in [0.2, 0.25) is 0 Å². The second kappa shape index (κ2) is 16.5. The molecule has 2 aliphatic heterocycles. The number of benzene rings is 1. The summed E-state index contributed by atoms with van der Waals surface area (Å²) in [5, 5.41) is 10.4. The third kappa shape index (κ3) is 9.18. The molecule has 0 spiro atoms. The van der Waals surface area contributed by atoms with E-state index in [4.69, 9.17) is 24.4 Å². The van der Waals surface area contributed by atoms with Gasteiger partial charge in [0.2, 0.25) is 0 Å². The van der Waals surface area contributed by atoms with Crippen LogP contribution in [0, 0.1) is 0 Å². The summed E-state index contributed by atoms with van der Waals surface area (Å²) in [7, 11) is 1.00. The number of aromatic nitrogens is 1. The van der Waals surface area contributed by atoms with Crippen molar-refractivity contribution in [1.29, 1.82) is 0 Å². The molecule has 1 aromatic carbocycles. The van der Waals surface area contributed by atoms with Crippen molar-refractivity contribution in [3.63, 3.8) is 0 Å². The number of hydrogen-bond donors (Lipinski definition) is 2. The zero-order chi connectivity index (χ0) is 26.3. The van der Waals surface area contributed by atoms with Crippen molar-refractivity contribution in [2.45, 2.75) is 83.1 Å². The molecular weight excluding hydrogens is 466 g/mol. The molecule has 0 radical (unpaired) electrons. The molecule has 7 heteroatoms. The summed E-state index contributed by atoms with van der Waals surface area (Å²) in [6, 6.07) is 13.2. The Labute approximate surface area is 222 Å². The van der Waals surface area contributed by atoms with Gasteiger partial charge < -0.3 is 24.7 Å². The predicted octanol–water partition coefficient (Wildman–Crippen LogP) is 4.55. The number of likely N-dealkylation sites (tertiary alicyclic amines) is 1. The number of nitrogens with one attached hydrogen (secondary N) is 1. The fourth-order valence-corrected chi connectivity index (χ4v) is 5.08. The van der Waals surface area contributed by atoms with Crippen molar-refractivity contribution in [2.75, 3.05) is 38.7 Å². The first-order valence-corrected chi connectivity index (χ1v) is 13.8. The maximum atomic E-state index is 8.00. The monoisotopic (exact) mass is 511 g/mol. The van der Waals surface area contributed by atoms with Crippen LogP contribution in [0.5, 0.6) is 0 Å². The Bertz CT molecular complexity index is 921. The number of pyridine rings is 1. The van der Waals surface area contributed by atoms with E-state index < -0.39 is 0 Å². The third-order valence-electron chi connectivity index (χ3n) is 7.40. The first kappa shape index (κ1) is 29.2. The molecule has 1 saturated heterocycles. The van der Waals surface area contributed by atoms with Crippen molar-refractivity contribution in [3.8, 4) is 0 Å². The molecule has 0 amide bonds. The van der Waals surface area contributed by atoms with E-state index in [0.717, 1.165) is 84.4 Å². The Morgan fingerprint density at radius 1 is 1.00 bits per heavy atom. The number of carbonyl (C=O) groups excluding carboxylic acids is 1. The largest absolute Gasteiger partial charge is 0.400 e. The van der Waals surface area contributed by atoms with E-state index in [1.165, 1.54) is 48.1 Å². The smallest absolute Gasteiger partial charge is 0.129 e. The zero-order valence-corrected chi connectivity index (χ0v) is 22.5. The fraction of sp³-hybridized carbons (Fsp3) is 0.600. The highest BCUT2D eigenvalue weighted by Gasteiger charge is 2.24. The molecule has 1 atom stereocenters. The Kier molecular flexibility index (Phi) is 13.0. The van der Waals surface area contributed by atoms with Gasteiger partial charge in [-0.1, -0.05) is 30.3 Å². The highest BCUT2D eigenvalue weighted by atomic mass is 16.5. The molecule has 0 bridgehead atoms. The predicted molar refractivity (Wildman–Crippen MR) is 148 cm³/mol. The minimum atomic E-state index is 0.370. The van der Waals surface area contributed by atoms with Crippen molar-refractivity contribution in [1.82, 2.24) is 9.88 Å². The van der Waals surface area contributed by atoms with Crippen molar-refractivity contribution < 1.29 is 19.4 Å². The lowest BCUT2D eigenvalue weighted by molar-refractivity contribution is -0.0980. The number of aliphatic hydroxyl groups excluding tert-OH is 1. The number of carbonyl (C=O) groups is 1. The summed E-state index contributed by atoms with van der Waals surface area (Å²) in [5.41, 5.74) is 5.33. The number of hydrogen-bond acceptors (Lipinski definition) is 7. The van der Waals surface area contributed by atoms with Crippen molar-refractivity contribution in [2.24, 2.45) is 0 Å². The van der Waals surface area contributed by atoms with Gasteiger partial charge in [-0.05, 0) is 80.5 Å². The molecule has 2 aromatic rings. The lowest BCUT2D eigenvalue weighted by atomic mass is 9.96. The standard InChI is InChI=1S/C28H39N3O2.CH4O.CH2O/c1-2-8-24(21-33-26-11-5-12-26)23(7-1)19-31-17-15-27(20-31)32-18-4-3-10-25-14-13-22-9-6-16-29-28(22)30-25;2*1-2/h1-2,7-8,13-14,26-27H,3-6,9-12,15-21H2,(H,29,30);2H,1H3;1H2. The summed E-state index contributed by atoms with van der Waals surface area (Å²) in [6.07, 6.45) is 11.4. The third-order valence-corrected chi connectivity index (χ3v) is 7.40. The van der Waals surface area contributed by atoms with Gasteiger partial charge in [0.1, 0.15) is 12.6 Å². The van der Waals surface area contributed by atoms with Crippen LogP contribution in [-0.4, -0.2) is 67.3 Å². The summed E-state index contributed by atoms with van der Waals surface area (Å²) in [5.74, 6) is 1.11. The van der Waals surface area contributed by atoms with Crippen molar-refractivity contribution in [3.05, 3.63) is 58.8 Å². The molecule has 1 aliphatic carbocycles. The van der Waals surface area contributed by atoms with Crippen LogP contribution in [0.3, 0.4) is 0 Å². The second-order valence-corrected chi connectivity index (χ2v) is 9.95. The van der Waals surface area contributed by atoms with E-state index in [1.54, 1.807) is 0 Å². The fourth-order valence-electron chi connectivity index (χ4n) is 5.08. The highest BCUT2D eigenvalue weighted by Crippen LogP contribution is 2.25. The number of rotatable bonds is 11. The first-order chi connectivity index (χ1) is 18.3. The van der Waals surface area contributed by atoms with E-state index in [9.17, 15) is 0 Å². The maximum Gasteiger partial charge on any atom is 0.129 e. The molecule has 1 aromatic heterocycles. The van der Waals surface area contributed by atoms with Gasteiger partial charge in [-0.2, -0.15) is 0 Å². The van der Waals surface area contributed by atoms with Crippen LogP contribution >= 0.6 is 0 Å². The van der Waals surface area contributed by atoms with Gasteiger partial charge in [0.15, 0.2) is 0 Å². The van der Waals surface area contributed by atoms with Gasteiger partial charge in [0, 0.05) is 45.6 Å². The topological polar surface area (TPSA) is 83.9 Å². The van der Waals surface area contributed by atoms with E-state index in [0.29, 0.717) is 12.2 Å². The van der Waals surface area contributed by atoms with Gasteiger partial charge >= 0.3 is 0 Å². The summed E-state index contributed by atoms with van der Waals surface area (Å²) < 4.78 is 12.3. The average Bonchev–Trinajstić information content (AvgIpc) is 3.38. The minimum Gasteiger partial charge on any atom is -0.400 e. The normalized spacial score (nSPS) is 18.9. The molecular formula is C30H45N3O4. The van der Waals surface area contributed by atoms with Crippen LogP contribution in [0.15, 0.2) is 36.4 Å². The molecule has 1 saturated carbocycles. The molecule has 2 fully saturated rings. The second-order valence-electron chi connectivity index (χ2n) is 9.95. The Morgan fingerprint density at radius 2 is 1.81 bits per heavy atom. The van der Waals surface area contributed by atoms with Gasteiger partial charge in [-0.25, -0.2) is 4.98 Å². The maximum absolute atomic E-state index is 8.00. The van der Waals surface area contributed by atoms with Crippen LogP contribution in [0.25, 0.3) is 0 Å². The zero-order valence-electron chi connectivity index (χ0n) is 22.5. The lowest BCUT2D eigenvalue weighted by Crippen LogP contribution is -2.24. The number of nitrogens with zero attached hydrogens (tertiary/aromatic N) is 2. The van der Waals surface area contributed by atoms with Crippen LogP contribution in [0.1, 0.15) is 67.3 Å². The van der Waals surface area contributed by atoms with Crippen LogP contribution in [-0.2, 0) is 40.3 Å². The number of fused-ring (bicyclic) bond motifs is 1. The molecule has 3 aliphatic rings. The van der Waals surface area contributed by atoms with E-state index >= 15 is 0 Å². The quantitative estimate of drug-likeness (QED) is 0.428. The number of aliphatic hydroxyl groups is 1. The van der Waals surface area contributed by atoms with E-state index in [-0.39, 0.29) is 0 Å². The Balaban J connectivity index is 0.000000907. The summed E-state index contributed by atoms with van der Waals surface area (Å²) in [4.78, 5) is 15.3. The van der Waals surface area contributed by atoms with Crippen LogP contribution in [0.4, 0.5) is 5.82 Å². The molecule has 5 rings (SSSR count). The molecule has 3 heterocycles. The van der Waals surface area contributed by atoms with Crippen LogP contribution < -0.4 is 5.32 Å². The first-order valence-electron chi connectivity index (χ1n) is 13.8. The summed E-state index contributed by atoms with van der Waals surface area (Å²) >= 11 is 0. The molecule has 1 unspecified atom stereocenters. The molecule has 204 valence electrons. The highest BCUT2D eigenvalue weighted by molar-refractivity contribution is 5.47. The number of ether oxygens (including phenoxy) is 2. The van der Waals surface area contributed by atoms with E-state index in [1.807, 2.05) is 6.79 Å².